The number of aliphatic hydroxyl groups is 1. The molecule has 0 bridgehead atoms. The Bertz CT molecular complexity index is 588. The Hall–Kier alpha value is -1.59. The number of hydrogen-bond acceptors (Lipinski definition) is 4. The minimum Gasteiger partial charge on any atom is -0.497 e. The number of hydrogen-bond donors (Lipinski definition) is 2. The van der Waals surface area contributed by atoms with E-state index in [4.69, 9.17) is 9.72 Å². The van der Waals surface area contributed by atoms with Gasteiger partial charge in [0.15, 0.2) is 0 Å². The van der Waals surface area contributed by atoms with Crippen LogP contribution in [0.4, 0.5) is 0 Å². The summed E-state index contributed by atoms with van der Waals surface area (Å²) in [6, 6.07) is 5.93. The van der Waals surface area contributed by atoms with E-state index in [-0.39, 0.29) is 6.61 Å². The van der Waals surface area contributed by atoms with Crippen molar-refractivity contribution >= 4 is 11.0 Å². The highest BCUT2D eigenvalue weighted by Crippen LogP contribution is 2.28. The standard InChI is InChI=1S/C15H21N3O2/c1-20-12-4-5-14-13(9-12)17-15(18(14)7-8-19)11-3-2-6-16-10-11/h4-5,9,11,16,19H,2-3,6-8,10H2,1H3. The molecule has 0 radical (unpaired) electrons. The molecule has 2 N–H and O–H groups in total. The Kier molecular flexibility index (Phi) is 3.89. The van der Waals surface area contributed by atoms with Crippen molar-refractivity contribution in [2.75, 3.05) is 26.8 Å². The van der Waals surface area contributed by atoms with Gasteiger partial charge in [-0.05, 0) is 31.5 Å². The number of benzene rings is 1. The average molecular weight is 275 g/mol. The van der Waals surface area contributed by atoms with Gasteiger partial charge in [-0.3, -0.25) is 0 Å². The predicted molar refractivity (Wildman–Crippen MR) is 78.2 cm³/mol. The van der Waals surface area contributed by atoms with E-state index < -0.39 is 0 Å². The maximum Gasteiger partial charge on any atom is 0.121 e. The zero-order valence-electron chi connectivity index (χ0n) is 11.8. The second-order valence-corrected chi connectivity index (χ2v) is 5.24. The Labute approximate surface area is 118 Å². The van der Waals surface area contributed by atoms with Crippen LogP contribution in [0.25, 0.3) is 11.0 Å². The number of ether oxygens (including phenoxy) is 1. The molecule has 0 amide bonds. The lowest BCUT2D eigenvalue weighted by Gasteiger charge is -2.23. The molecule has 5 heteroatoms. The maximum absolute atomic E-state index is 9.33. The fourth-order valence-electron chi connectivity index (χ4n) is 2.97. The van der Waals surface area contributed by atoms with Crippen LogP contribution in [0.5, 0.6) is 5.75 Å². The molecule has 0 saturated carbocycles. The van der Waals surface area contributed by atoms with Crippen LogP contribution in [0.3, 0.4) is 0 Å². The van der Waals surface area contributed by atoms with Crippen LogP contribution < -0.4 is 10.1 Å². The number of aliphatic hydroxyl groups excluding tert-OH is 1. The van der Waals surface area contributed by atoms with Crippen molar-refractivity contribution in [2.45, 2.75) is 25.3 Å². The summed E-state index contributed by atoms with van der Waals surface area (Å²) in [6.07, 6.45) is 2.33. The van der Waals surface area contributed by atoms with Crippen molar-refractivity contribution in [1.29, 1.82) is 0 Å². The first-order chi connectivity index (χ1) is 9.83. The van der Waals surface area contributed by atoms with Gasteiger partial charge in [-0.25, -0.2) is 4.98 Å². The third-order valence-corrected chi connectivity index (χ3v) is 3.97. The van der Waals surface area contributed by atoms with Gasteiger partial charge in [-0.2, -0.15) is 0 Å². The summed E-state index contributed by atoms with van der Waals surface area (Å²) in [4.78, 5) is 4.80. The molecule has 1 saturated heterocycles. The largest absolute Gasteiger partial charge is 0.497 e. The zero-order valence-corrected chi connectivity index (χ0v) is 11.8. The quantitative estimate of drug-likeness (QED) is 0.888. The molecule has 20 heavy (non-hydrogen) atoms. The van der Waals surface area contributed by atoms with Crippen LogP contribution in [-0.4, -0.2) is 41.5 Å². The Morgan fingerprint density at radius 2 is 2.40 bits per heavy atom. The summed E-state index contributed by atoms with van der Waals surface area (Å²) >= 11 is 0. The minimum absolute atomic E-state index is 0.130. The van der Waals surface area contributed by atoms with Gasteiger partial charge in [0.05, 0.1) is 24.8 Å². The molecule has 1 aromatic carbocycles. The molecule has 2 aromatic rings. The van der Waals surface area contributed by atoms with Crippen molar-refractivity contribution in [3.8, 4) is 5.75 Å². The van der Waals surface area contributed by atoms with Gasteiger partial charge in [0.25, 0.3) is 0 Å². The molecule has 0 spiro atoms. The van der Waals surface area contributed by atoms with E-state index >= 15 is 0 Å². The molecule has 0 aliphatic carbocycles. The average Bonchev–Trinajstić information content (AvgIpc) is 2.86. The van der Waals surface area contributed by atoms with Gasteiger partial charge in [0, 0.05) is 25.1 Å². The maximum atomic E-state index is 9.33. The number of imidazole rings is 1. The first-order valence-corrected chi connectivity index (χ1v) is 7.19. The normalized spacial score (nSPS) is 19.4. The minimum atomic E-state index is 0.130. The first kappa shape index (κ1) is 13.4. The van der Waals surface area contributed by atoms with Crippen LogP contribution in [0.1, 0.15) is 24.6 Å². The Balaban J connectivity index is 2.06. The van der Waals surface area contributed by atoms with Crippen LogP contribution in [0, 0.1) is 0 Å². The summed E-state index contributed by atoms with van der Waals surface area (Å²) in [5.74, 6) is 2.32. The number of methoxy groups -OCH3 is 1. The highest BCUT2D eigenvalue weighted by atomic mass is 16.5. The van der Waals surface area contributed by atoms with Crippen molar-refractivity contribution in [3.05, 3.63) is 24.0 Å². The molecule has 1 unspecified atom stereocenters. The van der Waals surface area contributed by atoms with Crippen LogP contribution >= 0.6 is 0 Å². The SMILES string of the molecule is COc1ccc2c(c1)nc(C1CCCNC1)n2CCO. The second kappa shape index (κ2) is 5.81. The fraction of sp³-hybridized carbons (Fsp3) is 0.533. The van der Waals surface area contributed by atoms with Crippen LogP contribution in [0.15, 0.2) is 18.2 Å². The molecule has 1 aliphatic rings. The third kappa shape index (κ3) is 2.39. The topological polar surface area (TPSA) is 59.3 Å². The number of rotatable bonds is 4. The van der Waals surface area contributed by atoms with Gasteiger partial charge in [0.2, 0.25) is 0 Å². The van der Waals surface area contributed by atoms with E-state index in [0.29, 0.717) is 12.5 Å². The van der Waals surface area contributed by atoms with E-state index in [9.17, 15) is 5.11 Å². The first-order valence-electron chi connectivity index (χ1n) is 7.19. The number of nitrogens with one attached hydrogen (secondary N) is 1. The van der Waals surface area contributed by atoms with Gasteiger partial charge >= 0.3 is 0 Å². The molecule has 5 nitrogen and oxygen atoms in total. The zero-order chi connectivity index (χ0) is 13.9. The van der Waals surface area contributed by atoms with Crippen molar-refractivity contribution in [3.63, 3.8) is 0 Å². The Morgan fingerprint density at radius 1 is 1.50 bits per heavy atom. The van der Waals surface area contributed by atoms with Gasteiger partial charge < -0.3 is 19.7 Å². The second-order valence-electron chi connectivity index (χ2n) is 5.24. The summed E-state index contributed by atoms with van der Waals surface area (Å²) in [5, 5.41) is 12.8. The molecular weight excluding hydrogens is 254 g/mol. The summed E-state index contributed by atoms with van der Waals surface area (Å²) in [6.45, 7) is 2.77. The number of nitrogens with zero attached hydrogens (tertiary/aromatic N) is 2. The molecule has 3 rings (SSSR count). The summed E-state index contributed by atoms with van der Waals surface area (Å²) < 4.78 is 7.41. The number of piperidine rings is 1. The van der Waals surface area contributed by atoms with E-state index in [1.807, 2.05) is 18.2 Å². The lowest BCUT2D eigenvalue weighted by atomic mass is 9.99. The Morgan fingerprint density at radius 3 is 3.10 bits per heavy atom. The molecule has 1 atom stereocenters. The summed E-state index contributed by atoms with van der Waals surface area (Å²) in [7, 11) is 1.66. The lowest BCUT2D eigenvalue weighted by Crippen LogP contribution is -2.30. The fourth-order valence-corrected chi connectivity index (χ4v) is 2.97. The van der Waals surface area contributed by atoms with Crippen molar-refractivity contribution in [2.24, 2.45) is 0 Å². The van der Waals surface area contributed by atoms with Gasteiger partial charge in [-0.15, -0.1) is 0 Å². The summed E-state index contributed by atoms with van der Waals surface area (Å²) in [5.41, 5.74) is 2.01. The molecule has 108 valence electrons. The molecule has 1 aromatic heterocycles. The molecular formula is C15H21N3O2. The van der Waals surface area contributed by atoms with E-state index in [2.05, 4.69) is 9.88 Å². The van der Waals surface area contributed by atoms with Crippen LogP contribution in [-0.2, 0) is 6.54 Å². The number of fused-ring (bicyclic) bond motifs is 1. The van der Waals surface area contributed by atoms with E-state index in [1.54, 1.807) is 7.11 Å². The van der Waals surface area contributed by atoms with Crippen LogP contribution in [0.2, 0.25) is 0 Å². The highest BCUT2D eigenvalue weighted by molar-refractivity contribution is 5.78. The monoisotopic (exact) mass is 275 g/mol. The third-order valence-electron chi connectivity index (χ3n) is 3.97. The lowest BCUT2D eigenvalue weighted by molar-refractivity contribution is 0.273. The van der Waals surface area contributed by atoms with Gasteiger partial charge in [0.1, 0.15) is 11.6 Å². The van der Waals surface area contributed by atoms with E-state index in [1.165, 1.54) is 6.42 Å². The highest BCUT2D eigenvalue weighted by Gasteiger charge is 2.22. The predicted octanol–water partition coefficient (Wildman–Crippen LogP) is 1.50. The van der Waals surface area contributed by atoms with E-state index in [0.717, 1.165) is 42.1 Å². The molecule has 1 aliphatic heterocycles. The molecule has 2 heterocycles. The van der Waals surface area contributed by atoms with Gasteiger partial charge in [-0.1, -0.05) is 0 Å². The van der Waals surface area contributed by atoms with Crippen molar-refractivity contribution < 1.29 is 9.84 Å². The van der Waals surface area contributed by atoms with Crippen molar-refractivity contribution in [1.82, 2.24) is 14.9 Å². The molecule has 1 fully saturated rings. The number of aromatic nitrogens is 2. The smallest absolute Gasteiger partial charge is 0.121 e.